The first-order valence-corrected chi connectivity index (χ1v) is 6.66. The Bertz CT molecular complexity index is 523. The molecule has 0 aliphatic carbocycles. The molecule has 6 heteroatoms. The second kappa shape index (κ2) is 4.96. The summed E-state index contributed by atoms with van der Waals surface area (Å²) in [4.78, 5) is 20.1. The quantitative estimate of drug-likeness (QED) is 0.865. The van der Waals surface area contributed by atoms with Crippen LogP contribution in [0.5, 0.6) is 0 Å². The number of halogens is 1. The molecule has 0 fully saturated rings. The fraction of sp³-hybridized carbons (Fsp3) is 0.200. The fourth-order valence-corrected chi connectivity index (χ4v) is 2.74. The minimum absolute atomic E-state index is 0.0947. The van der Waals surface area contributed by atoms with Crippen molar-refractivity contribution in [3.05, 3.63) is 42.6 Å². The molecule has 0 atom stereocenters. The smallest absolute Gasteiger partial charge is 0.266 e. The summed E-state index contributed by atoms with van der Waals surface area (Å²) in [7, 11) is 1.93. The van der Waals surface area contributed by atoms with Crippen LogP contribution in [0.3, 0.4) is 0 Å². The van der Waals surface area contributed by atoms with E-state index in [0.717, 1.165) is 12.4 Å². The molecule has 84 valence electrons. The maximum atomic E-state index is 11.4. The maximum Gasteiger partial charge on any atom is 0.266 e. The lowest BCUT2D eigenvalue weighted by atomic mass is 10.3. The predicted molar refractivity (Wildman–Crippen MR) is 74.0 cm³/mol. The summed E-state index contributed by atoms with van der Waals surface area (Å²) in [5.74, 6) is 0.718. The number of rotatable bonds is 3. The fourth-order valence-electron chi connectivity index (χ4n) is 1.37. The number of anilines is 1. The first-order chi connectivity index (χ1) is 7.68. The highest BCUT2D eigenvalue weighted by Crippen LogP contribution is 2.17. The third-order valence-electron chi connectivity index (χ3n) is 2.14. The Hall–Kier alpha value is -0.890. The summed E-state index contributed by atoms with van der Waals surface area (Å²) < 4.78 is 0.623. The molecule has 0 unspecified atom stereocenters. The predicted octanol–water partition coefficient (Wildman–Crippen LogP) is 2.07. The molecular weight excluding hydrogens is 337 g/mol. The molecule has 2 rings (SSSR count). The van der Waals surface area contributed by atoms with Gasteiger partial charge in [-0.05, 0) is 45.0 Å². The standard InChI is InChI=1S/C10H10IN3OS/c1-14(4-7-2-3-16-5-7)9-8(11)10(15)13-6-12-9/h2-3,5-6H,4H2,1H3,(H,12,13,15). The SMILES string of the molecule is CN(Cc1ccsc1)c1nc[nH]c(=O)c1I. The van der Waals surface area contributed by atoms with E-state index in [4.69, 9.17) is 0 Å². The van der Waals surface area contributed by atoms with Gasteiger partial charge in [0.1, 0.15) is 9.39 Å². The molecule has 0 aromatic carbocycles. The summed E-state index contributed by atoms with van der Waals surface area (Å²) in [6.45, 7) is 0.760. The van der Waals surface area contributed by atoms with Gasteiger partial charge in [-0.1, -0.05) is 0 Å². The van der Waals surface area contributed by atoms with Crippen LogP contribution in [0.1, 0.15) is 5.56 Å². The van der Waals surface area contributed by atoms with Gasteiger partial charge in [-0.2, -0.15) is 11.3 Å². The first kappa shape index (κ1) is 11.6. The van der Waals surface area contributed by atoms with Crippen LogP contribution in [0.15, 0.2) is 27.9 Å². The van der Waals surface area contributed by atoms with Crippen LogP contribution >= 0.6 is 33.9 Å². The molecule has 4 nitrogen and oxygen atoms in total. The van der Waals surface area contributed by atoms with Crippen molar-refractivity contribution in [2.45, 2.75) is 6.54 Å². The molecule has 16 heavy (non-hydrogen) atoms. The highest BCUT2D eigenvalue weighted by molar-refractivity contribution is 14.1. The lowest BCUT2D eigenvalue weighted by Gasteiger charge is -2.17. The van der Waals surface area contributed by atoms with Crippen LogP contribution in [-0.2, 0) is 6.54 Å². The first-order valence-electron chi connectivity index (χ1n) is 4.64. The van der Waals surface area contributed by atoms with Gasteiger partial charge in [0.05, 0.1) is 6.33 Å². The third kappa shape index (κ3) is 2.43. The second-order valence-corrected chi connectivity index (χ2v) is 5.22. The number of thiophene rings is 1. The van der Waals surface area contributed by atoms with Crippen molar-refractivity contribution in [2.24, 2.45) is 0 Å². The highest BCUT2D eigenvalue weighted by Gasteiger charge is 2.10. The Labute approximate surface area is 110 Å². The van der Waals surface area contributed by atoms with Gasteiger partial charge >= 0.3 is 0 Å². The molecule has 0 spiro atoms. The van der Waals surface area contributed by atoms with Gasteiger partial charge in [-0.3, -0.25) is 4.79 Å². The summed E-state index contributed by atoms with van der Waals surface area (Å²) >= 11 is 3.68. The molecule has 0 aliphatic rings. The second-order valence-electron chi connectivity index (χ2n) is 3.36. The van der Waals surface area contributed by atoms with E-state index in [1.807, 2.05) is 39.9 Å². The van der Waals surface area contributed by atoms with Gasteiger partial charge in [-0.15, -0.1) is 0 Å². The number of aromatic amines is 1. The van der Waals surface area contributed by atoms with E-state index in [9.17, 15) is 4.79 Å². The number of hydrogen-bond donors (Lipinski definition) is 1. The monoisotopic (exact) mass is 347 g/mol. The van der Waals surface area contributed by atoms with E-state index in [2.05, 4.69) is 21.4 Å². The van der Waals surface area contributed by atoms with E-state index in [-0.39, 0.29) is 5.56 Å². The van der Waals surface area contributed by atoms with Gasteiger partial charge in [0, 0.05) is 13.6 Å². The summed E-state index contributed by atoms with van der Waals surface area (Å²) in [6.07, 6.45) is 1.43. The largest absolute Gasteiger partial charge is 0.354 e. The summed E-state index contributed by atoms with van der Waals surface area (Å²) in [5, 5.41) is 4.13. The van der Waals surface area contributed by atoms with Crippen LogP contribution in [0, 0.1) is 3.57 Å². The average molecular weight is 347 g/mol. The Morgan fingerprint density at radius 3 is 3.12 bits per heavy atom. The van der Waals surface area contributed by atoms with Gasteiger partial charge < -0.3 is 9.88 Å². The molecule has 2 heterocycles. The molecule has 0 saturated heterocycles. The van der Waals surface area contributed by atoms with Crippen molar-refractivity contribution in [2.75, 3.05) is 11.9 Å². The average Bonchev–Trinajstić information content (AvgIpc) is 2.74. The summed E-state index contributed by atoms with van der Waals surface area (Å²) in [6, 6.07) is 2.07. The number of aromatic nitrogens is 2. The lowest BCUT2D eigenvalue weighted by molar-refractivity contribution is 0.883. The van der Waals surface area contributed by atoms with E-state index < -0.39 is 0 Å². The zero-order chi connectivity index (χ0) is 11.5. The van der Waals surface area contributed by atoms with Crippen molar-refractivity contribution < 1.29 is 0 Å². The molecule has 0 aliphatic heterocycles. The van der Waals surface area contributed by atoms with Gasteiger partial charge in [0.25, 0.3) is 5.56 Å². The number of nitrogens with zero attached hydrogens (tertiary/aromatic N) is 2. The molecule has 1 N–H and O–H groups in total. The van der Waals surface area contributed by atoms with Crippen LogP contribution in [-0.4, -0.2) is 17.0 Å². The Kier molecular flexibility index (Phi) is 3.59. The number of nitrogens with one attached hydrogen (secondary N) is 1. The van der Waals surface area contributed by atoms with Crippen molar-refractivity contribution in [3.8, 4) is 0 Å². The number of H-pyrrole nitrogens is 1. The van der Waals surface area contributed by atoms with Gasteiger partial charge in [-0.25, -0.2) is 4.98 Å². The van der Waals surface area contributed by atoms with Crippen LogP contribution in [0.4, 0.5) is 5.82 Å². The highest BCUT2D eigenvalue weighted by atomic mass is 127. The Balaban J connectivity index is 2.24. The molecule has 0 radical (unpaired) electrons. The van der Waals surface area contributed by atoms with Crippen LogP contribution < -0.4 is 10.5 Å². The Morgan fingerprint density at radius 1 is 1.62 bits per heavy atom. The minimum atomic E-state index is -0.0947. The normalized spacial score (nSPS) is 10.4. The van der Waals surface area contributed by atoms with Gasteiger partial charge in [0.2, 0.25) is 0 Å². The molecule has 2 aromatic heterocycles. The molecule has 2 aromatic rings. The van der Waals surface area contributed by atoms with Crippen molar-refractivity contribution >= 4 is 39.7 Å². The van der Waals surface area contributed by atoms with Crippen molar-refractivity contribution in [3.63, 3.8) is 0 Å². The zero-order valence-electron chi connectivity index (χ0n) is 8.61. The molecule has 0 amide bonds. The topological polar surface area (TPSA) is 49.0 Å². The van der Waals surface area contributed by atoms with Crippen LogP contribution in [0.25, 0.3) is 0 Å². The van der Waals surface area contributed by atoms with Gasteiger partial charge in [0.15, 0.2) is 0 Å². The van der Waals surface area contributed by atoms with E-state index in [1.54, 1.807) is 11.3 Å². The maximum absolute atomic E-state index is 11.4. The molecule has 0 bridgehead atoms. The van der Waals surface area contributed by atoms with E-state index >= 15 is 0 Å². The van der Waals surface area contributed by atoms with Crippen molar-refractivity contribution in [1.29, 1.82) is 0 Å². The molecule has 0 saturated carbocycles. The van der Waals surface area contributed by atoms with Crippen molar-refractivity contribution in [1.82, 2.24) is 9.97 Å². The minimum Gasteiger partial charge on any atom is -0.354 e. The Morgan fingerprint density at radius 2 is 2.44 bits per heavy atom. The number of hydrogen-bond acceptors (Lipinski definition) is 4. The third-order valence-corrected chi connectivity index (χ3v) is 3.84. The molecular formula is C10H10IN3OS. The summed E-state index contributed by atoms with van der Waals surface area (Å²) in [5.41, 5.74) is 1.13. The van der Waals surface area contributed by atoms with Crippen LogP contribution in [0.2, 0.25) is 0 Å². The lowest BCUT2D eigenvalue weighted by Crippen LogP contribution is -2.23. The van der Waals surface area contributed by atoms with E-state index in [1.165, 1.54) is 11.9 Å². The van der Waals surface area contributed by atoms with E-state index in [0.29, 0.717) is 3.57 Å². The zero-order valence-corrected chi connectivity index (χ0v) is 11.6.